The fraction of sp³-hybridized carbons (Fsp3) is 0.200. The Labute approximate surface area is 102 Å². The minimum Gasteiger partial charge on any atom is -0.479 e. The van der Waals surface area contributed by atoms with Crippen molar-refractivity contribution in [3.8, 4) is 0 Å². The number of aliphatic hydroxyl groups excluding tert-OH is 1. The Morgan fingerprint density at radius 2 is 1.88 bits per heavy atom. The quantitative estimate of drug-likeness (QED) is 0.645. The van der Waals surface area contributed by atoms with Crippen LogP contribution in [0.4, 0.5) is 10.5 Å². The van der Waals surface area contributed by atoms with E-state index in [1.165, 1.54) is 0 Å². The van der Waals surface area contributed by atoms with Gasteiger partial charge in [-0.1, -0.05) is 11.6 Å². The highest BCUT2D eigenvalue weighted by Crippen LogP contribution is 2.12. The standard InChI is InChI=1S/C10H11ClN2O4/c11-6-1-3-7(4-2-6)13-10(17)12-5-8(14)9(15)16/h1-4,8,14H,5H2,(H,15,16)(H2,12,13,17). The third-order valence-corrected chi connectivity index (χ3v) is 2.10. The maximum atomic E-state index is 11.3. The van der Waals surface area contributed by atoms with Gasteiger partial charge in [0.15, 0.2) is 6.10 Å². The van der Waals surface area contributed by atoms with E-state index in [4.69, 9.17) is 21.8 Å². The number of hydrogen-bond acceptors (Lipinski definition) is 3. The predicted molar refractivity (Wildman–Crippen MR) is 62.1 cm³/mol. The number of halogens is 1. The molecule has 6 nitrogen and oxygen atoms in total. The molecule has 0 aliphatic carbocycles. The molecule has 17 heavy (non-hydrogen) atoms. The summed E-state index contributed by atoms with van der Waals surface area (Å²) >= 11 is 5.66. The molecule has 1 aromatic carbocycles. The van der Waals surface area contributed by atoms with Gasteiger partial charge in [-0.05, 0) is 24.3 Å². The summed E-state index contributed by atoms with van der Waals surface area (Å²) in [6.45, 7) is -0.366. The highest BCUT2D eigenvalue weighted by molar-refractivity contribution is 6.30. The number of aliphatic carboxylic acids is 1. The van der Waals surface area contributed by atoms with Gasteiger partial charge in [0.2, 0.25) is 0 Å². The van der Waals surface area contributed by atoms with Gasteiger partial charge in [0.05, 0.1) is 6.54 Å². The van der Waals surface area contributed by atoms with Gasteiger partial charge in [-0.25, -0.2) is 9.59 Å². The molecule has 0 heterocycles. The van der Waals surface area contributed by atoms with Crippen molar-refractivity contribution >= 4 is 29.3 Å². The van der Waals surface area contributed by atoms with Crippen LogP contribution in [0.1, 0.15) is 0 Å². The summed E-state index contributed by atoms with van der Waals surface area (Å²) in [5.74, 6) is -1.39. The number of rotatable bonds is 4. The van der Waals surface area contributed by atoms with Crippen LogP contribution in [0.3, 0.4) is 0 Å². The topological polar surface area (TPSA) is 98.7 Å². The van der Waals surface area contributed by atoms with Crippen molar-refractivity contribution in [1.82, 2.24) is 5.32 Å². The zero-order valence-electron chi connectivity index (χ0n) is 8.68. The lowest BCUT2D eigenvalue weighted by Crippen LogP contribution is -2.38. The maximum absolute atomic E-state index is 11.3. The summed E-state index contributed by atoms with van der Waals surface area (Å²) in [6, 6.07) is 5.78. The average molecular weight is 259 g/mol. The van der Waals surface area contributed by atoms with Gasteiger partial charge in [-0.2, -0.15) is 0 Å². The van der Waals surface area contributed by atoms with Crippen molar-refractivity contribution in [2.75, 3.05) is 11.9 Å². The Kier molecular flexibility index (Phi) is 4.74. The SMILES string of the molecule is O=C(NCC(O)C(=O)O)Nc1ccc(Cl)cc1. The Morgan fingerprint density at radius 3 is 2.41 bits per heavy atom. The number of benzene rings is 1. The van der Waals surface area contributed by atoms with E-state index in [9.17, 15) is 9.59 Å². The van der Waals surface area contributed by atoms with Crippen LogP contribution in [0.2, 0.25) is 5.02 Å². The minimum absolute atomic E-state index is 0.366. The lowest BCUT2D eigenvalue weighted by molar-refractivity contribution is -0.146. The molecule has 1 unspecified atom stereocenters. The summed E-state index contributed by atoms with van der Waals surface area (Å²) in [5.41, 5.74) is 0.511. The number of hydrogen-bond donors (Lipinski definition) is 4. The van der Waals surface area contributed by atoms with Crippen LogP contribution in [0.5, 0.6) is 0 Å². The number of carbonyl (C=O) groups excluding carboxylic acids is 1. The van der Waals surface area contributed by atoms with Gasteiger partial charge in [0, 0.05) is 10.7 Å². The molecule has 2 amide bonds. The normalized spacial score (nSPS) is 11.6. The Hall–Kier alpha value is -1.79. The van der Waals surface area contributed by atoms with Gasteiger partial charge in [0.25, 0.3) is 0 Å². The van der Waals surface area contributed by atoms with Gasteiger partial charge in [0.1, 0.15) is 0 Å². The molecule has 92 valence electrons. The third-order valence-electron chi connectivity index (χ3n) is 1.84. The lowest BCUT2D eigenvalue weighted by Gasteiger charge is -2.09. The fourth-order valence-electron chi connectivity index (χ4n) is 0.985. The van der Waals surface area contributed by atoms with Crippen molar-refractivity contribution in [3.05, 3.63) is 29.3 Å². The number of carboxylic acids is 1. The van der Waals surface area contributed by atoms with E-state index in [1.54, 1.807) is 24.3 Å². The summed E-state index contributed by atoms with van der Waals surface area (Å²) in [7, 11) is 0. The highest BCUT2D eigenvalue weighted by Gasteiger charge is 2.13. The number of carboxylic acid groups (broad SMARTS) is 1. The van der Waals surface area contributed by atoms with Crippen LogP contribution >= 0.6 is 11.6 Å². The first-order valence-electron chi connectivity index (χ1n) is 4.70. The first-order valence-corrected chi connectivity index (χ1v) is 5.08. The molecular formula is C10H11ClN2O4. The van der Waals surface area contributed by atoms with Crippen LogP contribution < -0.4 is 10.6 Å². The van der Waals surface area contributed by atoms with Crippen LogP contribution in [-0.4, -0.2) is 34.9 Å². The molecule has 1 aromatic rings. The molecule has 1 atom stereocenters. The van der Waals surface area contributed by atoms with E-state index in [0.29, 0.717) is 10.7 Å². The number of anilines is 1. The molecule has 7 heteroatoms. The zero-order chi connectivity index (χ0) is 12.8. The summed E-state index contributed by atoms with van der Waals surface area (Å²) in [6.07, 6.45) is -1.62. The summed E-state index contributed by atoms with van der Waals surface area (Å²) in [4.78, 5) is 21.5. The molecule has 0 bridgehead atoms. The summed E-state index contributed by atoms with van der Waals surface area (Å²) in [5, 5.41) is 22.5. The van der Waals surface area contributed by atoms with Crippen molar-refractivity contribution in [1.29, 1.82) is 0 Å². The number of aliphatic hydroxyl groups is 1. The number of amides is 2. The van der Waals surface area contributed by atoms with Crippen molar-refractivity contribution < 1.29 is 19.8 Å². The zero-order valence-corrected chi connectivity index (χ0v) is 9.44. The van der Waals surface area contributed by atoms with E-state index in [0.717, 1.165) is 0 Å². The largest absolute Gasteiger partial charge is 0.479 e. The van der Waals surface area contributed by atoms with Gasteiger partial charge >= 0.3 is 12.0 Å². The van der Waals surface area contributed by atoms with Crippen molar-refractivity contribution in [2.24, 2.45) is 0 Å². The molecule has 0 aromatic heterocycles. The minimum atomic E-state index is -1.62. The fourth-order valence-corrected chi connectivity index (χ4v) is 1.11. The highest BCUT2D eigenvalue weighted by atomic mass is 35.5. The number of nitrogens with one attached hydrogen (secondary N) is 2. The molecule has 0 spiro atoms. The molecule has 0 aliphatic rings. The molecule has 0 aliphatic heterocycles. The van der Waals surface area contributed by atoms with Crippen molar-refractivity contribution in [2.45, 2.75) is 6.10 Å². The Bertz CT molecular complexity index is 407. The van der Waals surface area contributed by atoms with Crippen LogP contribution in [0.25, 0.3) is 0 Å². The molecule has 0 saturated heterocycles. The molecular weight excluding hydrogens is 248 g/mol. The second-order valence-corrected chi connectivity index (χ2v) is 3.63. The molecule has 1 rings (SSSR count). The number of urea groups is 1. The second kappa shape index (κ2) is 6.07. The van der Waals surface area contributed by atoms with E-state index in [-0.39, 0.29) is 6.54 Å². The smallest absolute Gasteiger partial charge is 0.334 e. The molecule has 0 fully saturated rings. The van der Waals surface area contributed by atoms with Gasteiger partial charge in [-0.15, -0.1) is 0 Å². The monoisotopic (exact) mass is 258 g/mol. The first-order chi connectivity index (χ1) is 7.99. The molecule has 0 saturated carbocycles. The van der Waals surface area contributed by atoms with Crippen LogP contribution in [0, 0.1) is 0 Å². The van der Waals surface area contributed by atoms with Crippen LogP contribution in [-0.2, 0) is 4.79 Å². The Balaban J connectivity index is 2.39. The lowest BCUT2D eigenvalue weighted by atomic mass is 10.3. The van der Waals surface area contributed by atoms with Gasteiger partial charge < -0.3 is 20.8 Å². The van der Waals surface area contributed by atoms with E-state index < -0.39 is 18.1 Å². The summed E-state index contributed by atoms with van der Waals surface area (Å²) < 4.78 is 0. The third kappa shape index (κ3) is 4.71. The average Bonchev–Trinajstić information content (AvgIpc) is 2.29. The maximum Gasteiger partial charge on any atom is 0.334 e. The Morgan fingerprint density at radius 1 is 1.29 bits per heavy atom. The molecule has 4 N–H and O–H groups in total. The van der Waals surface area contributed by atoms with E-state index in [2.05, 4.69) is 10.6 Å². The van der Waals surface area contributed by atoms with E-state index >= 15 is 0 Å². The van der Waals surface area contributed by atoms with Crippen LogP contribution in [0.15, 0.2) is 24.3 Å². The first kappa shape index (κ1) is 13.3. The van der Waals surface area contributed by atoms with Crippen molar-refractivity contribution in [3.63, 3.8) is 0 Å². The molecule has 0 radical (unpaired) electrons. The van der Waals surface area contributed by atoms with Gasteiger partial charge in [-0.3, -0.25) is 0 Å². The van der Waals surface area contributed by atoms with E-state index in [1.807, 2.05) is 0 Å². The second-order valence-electron chi connectivity index (χ2n) is 3.20. The predicted octanol–water partition coefficient (Wildman–Crippen LogP) is 0.907. The number of carbonyl (C=O) groups is 2.